The molecule has 1 amide bonds. The number of rotatable bonds is 3. The van der Waals surface area contributed by atoms with Crippen LogP contribution in [0.4, 0.5) is 0 Å². The van der Waals surface area contributed by atoms with Crippen molar-refractivity contribution in [1.29, 1.82) is 5.26 Å². The lowest BCUT2D eigenvalue weighted by Crippen LogP contribution is -2.44. The van der Waals surface area contributed by atoms with Crippen LogP contribution in [-0.2, 0) is 5.41 Å². The van der Waals surface area contributed by atoms with Crippen molar-refractivity contribution in [3.63, 3.8) is 0 Å². The van der Waals surface area contributed by atoms with Crippen LogP contribution in [0.25, 0.3) is 16.2 Å². The third-order valence-corrected chi connectivity index (χ3v) is 7.09. The molecule has 1 N–H and O–H groups in total. The number of thiophene rings is 1. The topological polar surface area (TPSA) is 108 Å². The average Bonchev–Trinajstić information content (AvgIpc) is 3.46. The summed E-state index contributed by atoms with van der Waals surface area (Å²) in [6.45, 7) is 2.76. The van der Waals surface area contributed by atoms with E-state index in [2.05, 4.69) is 21.1 Å². The molecule has 0 aliphatic carbocycles. The molecule has 3 aromatic heterocycles. The summed E-state index contributed by atoms with van der Waals surface area (Å²) in [5, 5.41) is 16.0. The predicted molar refractivity (Wildman–Crippen MR) is 121 cm³/mol. The van der Waals surface area contributed by atoms with Crippen molar-refractivity contribution in [2.24, 2.45) is 0 Å². The molecule has 5 rings (SSSR count). The highest BCUT2D eigenvalue weighted by molar-refractivity contribution is 7.17. The van der Waals surface area contributed by atoms with Gasteiger partial charge in [-0.05, 0) is 36.8 Å². The molecule has 1 aromatic carbocycles. The third-order valence-electron chi connectivity index (χ3n) is 6.19. The first kappa shape index (κ1) is 20.2. The number of carbonyl (C=O) groups excluding carboxylic acids is 1. The Morgan fingerprint density at radius 2 is 1.97 bits per heavy atom. The Morgan fingerprint density at radius 1 is 1.22 bits per heavy atom. The molecule has 32 heavy (non-hydrogen) atoms. The summed E-state index contributed by atoms with van der Waals surface area (Å²) in [7, 11) is 0. The van der Waals surface area contributed by atoms with E-state index in [1.54, 1.807) is 17.9 Å². The number of likely N-dealkylation sites (tertiary alicyclic amines) is 1. The lowest BCUT2D eigenvalue weighted by molar-refractivity contribution is 0.0691. The van der Waals surface area contributed by atoms with Crippen LogP contribution in [0.3, 0.4) is 0 Å². The molecule has 8 nitrogen and oxygen atoms in total. The van der Waals surface area contributed by atoms with Gasteiger partial charge in [0.15, 0.2) is 0 Å². The number of hydrogen-bond donors (Lipinski definition) is 1. The highest BCUT2D eigenvalue weighted by atomic mass is 32.1. The Kier molecular flexibility index (Phi) is 4.87. The molecule has 1 fully saturated rings. The van der Waals surface area contributed by atoms with Gasteiger partial charge in [-0.1, -0.05) is 30.3 Å². The molecular formula is C23H20N6O2S. The van der Waals surface area contributed by atoms with E-state index in [9.17, 15) is 14.9 Å². The van der Waals surface area contributed by atoms with Gasteiger partial charge in [0.1, 0.15) is 4.70 Å². The molecule has 0 bridgehead atoms. The summed E-state index contributed by atoms with van der Waals surface area (Å²) >= 11 is 1.33. The molecule has 1 aliphatic heterocycles. The van der Waals surface area contributed by atoms with E-state index in [0.717, 1.165) is 5.56 Å². The zero-order valence-corrected chi connectivity index (χ0v) is 18.2. The van der Waals surface area contributed by atoms with Gasteiger partial charge in [-0.15, -0.1) is 11.3 Å². The Hall–Kier alpha value is -3.77. The van der Waals surface area contributed by atoms with Crippen LogP contribution >= 0.6 is 11.3 Å². The second kappa shape index (κ2) is 7.73. The molecular weight excluding hydrogens is 424 g/mol. The Balaban J connectivity index is 1.39. The lowest BCUT2D eigenvalue weighted by atomic mass is 9.74. The lowest BCUT2D eigenvalue weighted by Gasteiger charge is -2.37. The minimum atomic E-state index is -0.573. The summed E-state index contributed by atoms with van der Waals surface area (Å²) < 4.78 is 2.04. The Labute approximate surface area is 187 Å². The van der Waals surface area contributed by atoms with Crippen LogP contribution in [0.5, 0.6) is 0 Å². The van der Waals surface area contributed by atoms with Crippen LogP contribution < -0.4 is 5.56 Å². The van der Waals surface area contributed by atoms with Crippen LogP contribution in [0.2, 0.25) is 0 Å². The van der Waals surface area contributed by atoms with E-state index in [1.165, 1.54) is 22.2 Å². The fourth-order valence-electron chi connectivity index (χ4n) is 4.28. The molecule has 0 spiro atoms. The number of carbonyl (C=O) groups is 1. The van der Waals surface area contributed by atoms with Gasteiger partial charge in [0.25, 0.3) is 11.5 Å². The first-order valence-corrected chi connectivity index (χ1v) is 11.2. The Bertz CT molecular complexity index is 1400. The number of benzene rings is 1. The summed E-state index contributed by atoms with van der Waals surface area (Å²) in [5.74, 6) is 0.149. The number of aromatic amines is 1. The van der Waals surface area contributed by atoms with Crippen LogP contribution in [-0.4, -0.2) is 43.6 Å². The van der Waals surface area contributed by atoms with Gasteiger partial charge in [-0.25, -0.2) is 9.67 Å². The first-order valence-electron chi connectivity index (χ1n) is 10.3. The fraction of sp³-hybridized carbons (Fsp3) is 0.261. The van der Waals surface area contributed by atoms with Crippen molar-refractivity contribution in [3.8, 4) is 12.0 Å². The van der Waals surface area contributed by atoms with Gasteiger partial charge in [-0.3, -0.25) is 14.6 Å². The van der Waals surface area contributed by atoms with Crippen molar-refractivity contribution in [3.05, 3.63) is 75.1 Å². The standard InChI is InChI=1S/C23H20N6O2S/c1-15-17(13-25-29(15)22-26-18-7-12-32-19(18)20(30)27-22)21(31)28-10-8-23(14-24,9-11-28)16-5-3-2-4-6-16/h2-7,12-13H,8-11H2,1H3,(H,26,27,30). The molecule has 0 saturated carbocycles. The van der Waals surface area contributed by atoms with E-state index in [1.807, 2.05) is 35.7 Å². The SMILES string of the molecule is Cc1c(C(=O)N2CCC(C#N)(c3ccccc3)CC2)cnn1-c1nc2ccsc2c(=O)[nH]1. The van der Waals surface area contributed by atoms with Gasteiger partial charge in [0.2, 0.25) is 5.95 Å². The second-order valence-corrected chi connectivity index (χ2v) is 8.85. The number of hydrogen-bond acceptors (Lipinski definition) is 6. The first-order chi connectivity index (χ1) is 15.5. The molecule has 0 unspecified atom stereocenters. The predicted octanol–water partition coefficient (Wildman–Crippen LogP) is 3.18. The number of fused-ring (bicyclic) bond motifs is 1. The number of amides is 1. The second-order valence-electron chi connectivity index (χ2n) is 7.93. The van der Waals surface area contributed by atoms with Gasteiger partial charge in [0, 0.05) is 13.1 Å². The van der Waals surface area contributed by atoms with E-state index >= 15 is 0 Å². The smallest absolute Gasteiger partial charge is 0.270 e. The molecule has 4 aromatic rings. The summed E-state index contributed by atoms with van der Waals surface area (Å²) in [6, 6.07) is 14.0. The molecule has 0 atom stereocenters. The molecule has 1 saturated heterocycles. The van der Waals surface area contributed by atoms with Crippen molar-refractivity contribution in [1.82, 2.24) is 24.6 Å². The van der Waals surface area contributed by atoms with Crippen LogP contribution in [0.15, 0.2) is 52.8 Å². The maximum absolute atomic E-state index is 13.2. The van der Waals surface area contributed by atoms with Crippen molar-refractivity contribution in [2.75, 3.05) is 13.1 Å². The molecule has 0 radical (unpaired) electrons. The number of H-pyrrole nitrogens is 1. The minimum absolute atomic E-state index is 0.132. The van der Waals surface area contributed by atoms with Crippen molar-refractivity contribution < 1.29 is 4.79 Å². The number of aromatic nitrogens is 4. The third kappa shape index (κ3) is 3.20. The van der Waals surface area contributed by atoms with Gasteiger partial charge < -0.3 is 4.90 Å². The molecule has 1 aliphatic rings. The molecule has 4 heterocycles. The van der Waals surface area contributed by atoms with E-state index in [4.69, 9.17) is 0 Å². The number of nitrogens with one attached hydrogen (secondary N) is 1. The van der Waals surface area contributed by atoms with Crippen molar-refractivity contribution in [2.45, 2.75) is 25.2 Å². The van der Waals surface area contributed by atoms with Crippen molar-refractivity contribution >= 4 is 27.5 Å². The van der Waals surface area contributed by atoms with Crippen LogP contribution in [0, 0.1) is 18.3 Å². The zero-order chi connectivity index (χ0) is 22.3. The highest BCUT2D eigenvalue weighted by Crippen LogP contribution is 2.35. The fourth-order valence-corrected chi connectivity index (χ4v) is 5.00. The zero-order valence-electron chi connectivity index (χ0n) is 17.4. The van der Waals surface area contributed by atoms with Crippen LogP contribution in [0.1, 0.15) is 34.5 Å². The number of nitrogens with zero attached hydrogens (tertiary/aromatic N) is 5. The van der Waals surface area contributed by atoms with E-state index < -0.39 is 5.41 Å². The quantitative estimate of drug-likeness (QED) is 0.522. The van der Waals surface area contributed by atoms with Gasteiger partial charge >= 0.3 is 0 Å². The largest absolute Gasteiger partial charge is 0.338 e. The summed E-state index contributed by atoms with van der Waals surface area (Å²) in [6.07, 6.45) is 2.67. The maximum atomic E-state index is 13.2. The average molecular weight is 445 g/mol. The van der Waals surface area contributed by atoms with E-state index in [0.29, 0.717) is 47.4 Å². The Morgan fingerprint density at radius 3 is 2.69 bits per heavy atom. The van der Waals surface area contributed by atoms with Gasteiger partial charge in [0.05, 0.1) is 34.5 Å². The number of nitriles is 1. The molecule has 9 heteroatoms. The maximum Gasteiger partial charge on any atom is 0.270 e. The monoisotopic (exact) mass is 444 g/mol. The molecule has 160 valence electrons. The van der Waals surface area contributed by atoms with Gasteiger partial charge in [-0.2, -0.15) is 10.4 Å². The summed E-state index contributed by atoms with van der Waals surface area (Å²) in [4.78, 5) is 34.5. The summed E-state index contributed by atoms with van der Waals surface area (Å²) in [5.41, 5.74) is 1.86. The minimum Gasteiger partial charge on any atom is -0.338 e. The highest BCUT2D eigenvalue weighted by Gasteiger charge is 2.38. The number of piperidine rings is 1. The van der Waals surface area contributed by atoms with E-state index in [-0.39, 0.29) is 17.4 Å². The normalized spacial score (nSPS) is 15.6.